The SMILES string of the molecule is [Br][Mg][Br].[CH2]CCCCC(C)C. The van der Waals surface area contributed by atoms with Gasteiger partial charge in [-0.3, -0.25) is 25.8 Å². The van der Waals surface area contributed by atoms with Crippen molar-refractivity contribution in [2.75, 3.05) is 0 Å². The van der Waals surface area contributed by atoms with E-state index in [2.05, 4.69) is 46.5 Å². The van der Waals surface area contributed by atoms with Crippen LogP contribution in [0.25, 0.3) is 0 Å². The Morgan fingerprint density at radius 3 is 2.00 bits per heavy atom. The van der Waals surface area contributed by atoms with Gasteiger partial charge in [-0.15, -0.1) is 0 Å². The minimum Gasteiger partial charge on any atom is -0.280 e. The van der Waals surface area contributed by atoms with Gasteiger partial charge in [0.05, 0.1) is 0 Å². The van der Waals surface area contributed by atoms with E-state index in [9.17, 15) is 0 Å². The summed E-state index contributed by atoms with van der Waals surface area (Å²) >= 11 is 6.44. The first kappa shape index (κ1) is 15.2. The highest BCUT2D eigenvalue weighted by atomic mass is 79.9. The molecule has 3 heteroatoms. The third-order valence-corrected chi connectivity index (χ3v) is 1.28. The normalized spacial score (nSPS) is 8.55. The molecule has 0 aromatic carbocycles. The topological polar surface area (TPSA) is 0 Å². The number of hydrogen-bond donors (Lipinski definition) is 0. The van der Waals surface area contributed by atoms with Gasteiger partial charge < -0.3 is 0 Å². The van der Waals surface area contributed by atoms with Crippen LogP contribution in [-0.4, -0.2) is 16.0 Å². The van der Waals surface area contributed by atoms with Gasteiger partial charge in [-0.25, -0.2) is 0 Å². The van der Waals surface area contributed by atoms with E-state index < -0.39 is 0 Å². The van der Waals surface area contributed by atoms with Crippen LogP contribution in [0.3, 0.4) is 0 Å². The zero-order valence-corrected chi connectivity index (χ0v) is 12.2. The van der Waals surface area contributed by atoms with E-state index in [0.29, 0.717) is 0 Å². The van der Waals surface area contributed by atoms with Crippen LogP contribution in [0.15, 0.2) is 0 Å². The number of halogens is 2. The number of hydrogen-bond acceptors (Lipinski definition) is 0. The third kappa shape index (κ3) is 24.5. The van der Waals surface area contributed by atoms with Crippen molar-refractivity contribution < 1.29 is 0 Å². The quantitative estimate of drug-likeness (QED) is 0.534. The van der Waals surface area contributed by atoms with Gasteiger partial charge in [0, 0.05) is 0 Å². The molecule has 0 amide bonds. The minimum absolute atomic E-state index is 0.0417. The Morgan fingerprint density at radius 1 is 1.27 bits per heavy atom. The molecule has 0 spiro atoms. The summed E-state index contributed by atoms with van der Waals surface area (Å²) < 4.78 is 0. The Kier molecular flexibility index (Phi) is 19.7. The molecule has 0 aliphatic carbocycles. The molecule has 11 heavy (non-hydrogen) atoms. The molecule has 0 unspecified atom stereocenters. The average Bonchev–Trinajstić information content (AvgIpc) is 1.89. The molecular formula is C8H17Br2Mg. The first-order chi connectivity index (χ1) is 5.18. The molecule has 0 saturated carbocycles. The van der Waals surface area contributed by atoms with Crippen LogP contribution in [0.2, 0.25) is 0 Å². The number of rotatable bonds is 4. The van der Waals surface area contributed by atoms with Gasteiger partial charge in [0.1, 0.15) is 0 Å². The maximum Gasteiger partial charge on any atom is 0.560 e. The van der Waals surface area contributed by atoms with Crippen molar-refractivity contribution in [3.63, 3.8) is 0 Å². The van der Waals surface area contributed by atoms with Crippen LogP contribution >= 0.6 is 25.8 Å². The van der Waals surface area contributed by atoms with E-state index in [1.54, 1.807) is 0 Å². The Balaban J connectivity index is 0. The van der Waals surface area contributed by atoms with Gasteiger partial charge in [0.15, 0.2) is 0 Å². The maximum absolute atomic E-state index is 3.78. The predicted molar refractivity (Wildman–Crippen MR) is 62.3 cm³/mol. The zero-order valence-electron chi connectivity index (χ0n) is 7.58. The van der Waals surface area contributed by atoms with Crippen LogP contribution in [0, 0.1) is 12.8 Å². The average molecular weight is 297 g/mol. The lowest BCUT2D eigenvalue weighted by atomic mass is 10.1. The predicted octanol–water partition coefficient (Wildman–Crippen LogP) is 4.35. The lowest BCUT2D eigenvalue weighted by Crippen LogP contribution is -1.85. The molecule has 0 aliphatic heterocycles. The molecule has 0 aromatic heterocycles. The molecule has 0 nitrogen and oxygen atoms in total. The summed E-state index contributed by atoms with van der Waals surface area (Å²) in [4.78, 5) is 0. The lowest BCUT2D eigenvalue weighted by Gasteiger charge is -2.00. The second-order valence-electron chi connectivity index (χ2n) is 2.84. The third-order valence-electron chi connectivity index (χ3n) is 1.28. The van der Waals surface area contributed by atoms with Crippen molar-refractivity contribution in [2.24, 2.45) is 5.92 Å². The van der Waals surface area contributed by atoms with Gasteiger partial charge in [-0.2, -0.15) is 0 Å². The molecule has 0 N–H and O–H groups in total. The van der Waals surface area contributed by atoms with Crippen LogP contribution in [0.4, 0.5) is 0 Å². The van der Waals surface area contributed by atoms with Gasteiger partial charge in [-0.1, -0.05) is 46.5 Å². The van der Waals surface area contributed by atoms with Crippen LogP contribution in [0.5, 0.6) is 0 Å². The van der Waals surface area contributed by atoms with E-state index in [4.69, 9.17) is 0 Å². The second kappa shape index (κ2) is 14.3. The fraction of sp³-hybridized carbons (Fsp3) is 0.875. The van der Waals surface area contributed by atoms with Gasteiger partial charge in [-0.05, 0) is 5.92 Å². The van der Waals surface area contributed by atoms with Crippen molar-refractivity contribution >= 4 is 41.8 Å². The summed E-state index contributed by atoms with van der Waals surface area (Å²) in [5, 5.41) is 0. The summed E-state index contributed by atoms with van der Waals surface area (Å²) in [6, 6.07) is 0. The first-order valence-electron chi connectivity index (χ1n) is 4.10. The van der Waals surface area contributed by atoms with E-state index in [0.717, 1.165) is 12.3 Å². The lowest BCUT2D eigenvalue weighted by molar-refractivity contribution is 0.540. The van der Waals surface area contributed by atoms with Crippen LogP contribution < -0.4 is 0 Å². The van der Waals surface area contributed by atoms with Crippen molar-refractivity contribution in [2.45, 2.75) is 39.5 Å². The highest BCUT2D eigenvalue weighted by Gasteiger charge is 1.90. The fourth-order valence-corrected chi connectivity index (χ4v) is 0.729. The van der Waals surface area contributed by atoms with E-state index in [-0.39, 0.29) is 16.0 Å². The standard InChI is InChI=1S/C8H17.2BrH.Mg/c1-4-5-6-7-8(2)3;;;/h8H,1,4-7H2,2-3H3;2*1H;/q;;;+2/p-2. The molecule has 0 saturated heterocycles. The van der Waals surface area contributed by atoms with Crippen molar-refractivity contribution in [3.8, 4) is 0 Å². The van der Waals surface area contributed by atoms with E-state index >= 15 is 0 Å². The smallest absolute Gasteiger partial charge is 0.280 e. The Labute approximate surface area is 93.4 Å². The molecule has 0 aromatic rings. The molecule has 65 valence electrons. The van der Waals surface area contributed by atoms with E-state index in [1.165, 1.54) is 19.3 Å². The molecule has 0 atom stereocenters. The molecule has 0 bridgehead atoms. The summed E-state index contributed by atoms with van der Waals surface area (Å²) in [5.74, 6) is 0.876. The monoisotopic (exact) mass is 295 g/mol. The largest absolute Gasteiger partial charge is 0.560 e. The highest BCUT2D eigenvalue weighted by Crippen LogP contribution is 2.06. The summed E-state index contributed by atoms with van der Waals surface area (Å²) in [7, 11) is 0. The Hall–Kier alpha value is 1.73. The van der Waals surface area contributed by atoms with Gasteiger partial charge >= 0.3 is 16.0 Å². The molecule has 0 rings (SSSR count). The molecule has 0 fully saturated rings. The molecule has 0 heterocycles. The Bertz CT molecular complexity index is 58.1. The fourth-order valence-electron chi connectivity index (χ4n) is 0.729. The van der Waals surface area contributed by atoms with Gasteiger partial charge in [0.2, 0.25) is 0 Å². The Morgan fingerprint density at radius 2 is 1.73 bits per heavy atom. The molecular weight excluding hydrogens is 280 g/mol. The van der Waals surface area contributed by atoms with Gasteiger partial charge in [0.25, 0.3) is 0 Å². The molecule has 0 aliphatic rings. The summed E-state index contributed by atoms with van der Waals surface area (Å²) in [6.45, 7) is 8.32. The van der Waals surface area contributed by atoms with Crippen molar-refractivity contribution in [1.82, 2.24) is 0 Å². The summed E-state index contributed by atoms with van der Waals surface area (Å²) in [6.07, 6.45) is 5.14. The summed E-state index contributed by atoms with van der Waals surface area (Å²) in [5.41, 5.74) is 0. The van der Waals surface area contributed by atoms with Crippen molar-refractivity contribution in [1.29, 1.82) is 0 Å². The van der Waals surface area contributed by atoms with Crippen molar-refractivity contribution in [3.05, 3.63) is 6.92 Å². The first-order valence-corrected chi connectivity index (χ1v) is 11.9. The highest BCUT2D eigenvalue weighted by molar-refractivity contribution is 9.47. The maximum atomic E-state index is 3.78. The van der Waals surface area contributed by atoms with Crippen LogP contribution in [-0.2, 0) is 0 Å². The number of unbranched alkanes of at least 4 members (excludes halogenated alkanes) is 2. The van der Waals surface area contributed by atoms with Crippen LogP contribution in [0.1, 0.15) is 39.5 Å². The zero-order chi connectivity index (χ0) is 9.11. The second-order valence-corrected chi connectivity index (χ2v) is 10.9. The molecule has 1 radical (unpaired) electrons. The minimum atomic E-state index is 0.0417. The van der Waals surface area contributed by atoms with E-state index in [1.807, 2.05) is 0 Å².